The number of hydrogen-bond acceptors (Lipinski definition) is 3. The predicted molar refractivity (Wildman–Crippen MR) is 82.7 cm³/mol. The zero-order valence-electron chi connectivity index (χ0n) is 20.8. The molecule has 0 radical (unpaired) electrons. The van der Waals surface area contributed by atoms with Crippen molar-refractivity contribution < 1.29 is 154 Å². The van der Waals surface area contributed by atoms with Gasteiger partial charge in [0.05, 0.1) is 0 Å². The molecule has 0 aliphatic rings. The first-order chi connectivity index (χ1) is 20.9. The van der Waals surface area contributed by atoms with E-state index in [1.165, 1.54) is 0 Å². The van der Waals surface area contributed by atoms with Crippen LogP contribution in [0.4, 0.5) is 140 Å². The lowest BCUT2D eigenvalue weighted by Crippen LogP contribution is -2.81. The summed E-state index contributed by atoms with van der Waals surface area (Å²) in [4.78, 5) is 0. The minimum absolute atomic E-state index is 1.03. The lowest BCUT2D eigenvalue weighted by molar-refractivity contribution is -0.465. The highest BCUT2D eigenvalue weighted by Gasteiger charge is 2.99. The SMILES string of the molecule is FC(F)(F)C(F)(F)O[Si](OC(F)(F)C(F)(F)F)(OC(F)(F)C(F)(F)F)C(F)(F)C(F)(F)C(F)(F)C(F)(F)C(F)(F)C(F)(F)C(F)(F)C(F)(F)F. The molecule has 0 bridgehead atoms. The second kappa shape index (κ2) is 11.9. The van der Waals surface area contributed by atoms with Crippen LogP contribution in [-0.4, -0.2) is 92.9 Å². The van der Waals surface area contributed by atoms with Crippen molar-refractivity contribution >= 4 is 8.80 Å². The summed E-state index contributed by atoms with van der Waals surface area (Å²) < 4.78 is 425. The van der Waals surface area contributed by atoms with Gasteiger partial charge in [0.25, 0.3) is 0 Å². The van der Waals surface area contributed by atoms with Crippen molar-refractivity contribution in [2.24, 2.45) is 0 Å². The maximum absolute atomic E-state index is 14.7. The highest BCUT2D eigenvalue weighted by atomic mass is 28.4. The van der Waals surface area contributed by atoms with E-state index >= 15 is 0 Å². The fourth-order valence-corrected chi connectivity index (χ4v) is 4.70. The Hall–Kier alpha value is -2.14. The quantitative estimate of drug-likeness (QED) is 0.137. The molecule has 0 amide bonds. The number of alkyl halides is 32. The fraction of sp³-hybridized carbons (Fsp3) is 1.00. The van der Waals surface area contributed by atoms with Gasteiger partial charge in [0.2, 0.25) is 0 Å². The first kappa shape index (κ1) is 47.9. The largest absolute Gasteiger partial charge is 0.595 e. The summed E-state index contributed by atoms with van der Waals surface area (Å²) in [5, 5.41) is 0. The van der Waals surface area contributed by atoms with Crippen LogP contribution in [0, 0.1) is 0 Å². The molecule has 0 spiro atoms. The van der Waals surface area contributed by atoms with Crippen LogP contribution in [0.3, 0.4) is 0 Å². The molecule has 0 N–H and O–H groups in total. The molecule has 0 aromatic rings. The molecule has 0 aliphatic heterocycles. The maximum atomic E-state index is 14.7. The monoisotopic (exact) mass is 852 g/mol. The molecule has 0 saturated carbocycles. The minimum Gasteiger partial charge on any atom is -0.302 e. The van der Waals surface area contributed by atoms with E-state index in [9.17, 15) is 140 Å². The average Bonchev–Trinajstić information content (AvgIpc) is 2.79. The summed E-state index contributed by atoms with van der Waals surface area (Å²) in [5.41, 5.74) is -10.0. The van der Waals surface area contributed by atoms with Crippen molar-refractivity contribution in [1.82, 2.24) is 0 Å². The fourth-order valence-electron chi connectivity index (χ4n) is 2.29. The Morgan fingerprint density at radius 3 is 0.580 bits per heavy atom. The van der Waals surface area contributed by atoms with Gasteiger partial charge in [0, 0.05) is 0 Å². The molecular weight excluding hydrogens is 852 g/mol. The molecule has 0 aromatic heterocycles. The standard InChI is InChI=1S/C14F32O3Si/c15-1(16,3(19,20)5(23,24)7(27,28)29)2(17,18)4(21,22)6(25,26)14(45,46)50(47-11(39,40)8(30,31)32,48-12(41,42)9(33,34)35)49-13(43,44)10(36,37)38. The van der Waals surface area contributed by atoms with Gasteiger partial charge >= 0.3 is 92.9 Å². The van der Waals surface area contributed by atoms with E-state index in [2.05, 4.69) is 0 Å². The van der Waals surface area contributed by atoms with Gasteiger partial charge in [-0.15, -0.1) is 0 Å². The molecule has 0 unspecified atom stereocenters. The Morgan fingerprint density at radius 1 is 0.220 bits per heavy atom. The molecule has 0 aromatic carbocycles. The van der Waals surface area contributed by atoms with E-state index in [0.29, 0.717) is 0 Å². The van der Waals surface area contributed by atoms with Crippen molar-refractivity contribution in [2.75, 3.05) is 0 Å². The van der Waals surface area contributed by atoms with Gasteiger partial charge in [-0.1, -0.05) is 0 Å². The molecular formula is C14F32O3Si. The van der Waals surface area contributed by atoms with Gasteiger partial charge < -0.3 is 13.3 Å². The van der Waals surface area contributed by atoms with Crippen LogP contribution < -0.4 is 0 Å². The average molecular weight is 852 g/mol. The Kier molecular flexibility index (Phi) is 11.4. The molecule has 0 heterocycles. The summed E-state index contributed by atoms with van der Waals surface area (Å²) in [6.07, 6.45) is -59.6. The van der Waals surface area contributed by atoms with Gasteiger partial charge in [0.1, 0.15) is 0 Å². The van der Waals surface area contributed by atoms with Gasteiger partial charge in [0.15, 0.2) is 0 Å². The first-order valence-electron chi connectivity index (χ1n) is 10.0. The van der Waals surface area contributed by atoms with Crippen LogP contribution in [0.1, 0.15) is 0 Å². The van der Waals surface area contributed by atoms with Crippen LogP contribution in [0.5, 0.6) is 0 Å². The lowest BCUT2D eigenvalue weighted by atomic mass is 9.91. The highest BCUT2D eigenvalue weighted by molar-refractivity contribution is 6.64. The number of halogens is 32. The van der Waals surface area contributed by atoms with Gasteiger partial charge in [-0.05, 0) is 0 Å². The second-order valence-corrected chi connectivity index (χ2v) is 10.8. The van der Waals surface area contributed by atoms with Crippen molar-refractivity contribution in [2.45, 2.75) is 84.1 Å². The van der Waals surface area contributed by atoms with Crippen LogP contribution in [0.25, 0.3) is 0 Å². The summed E-state index contributed by atoms with van der Waals surface area (Å²) in [7, 11) is -11.8. The molecule has 50 heavy (non-hydrogen) atoms. The molecule has 3 nitrogen and oxygen atoms in total. The van der Waals surface area contributed by atoms with Crippen LogP contribution >= 0.6 is 0 Å². The van der Waals surface area contributed by atoms with E-state index in [1.807, 2.05) is 0 Å². The molecule has 0 fully saturated rings. The molecule has 0 aliphatic carbocycles. The number of hydrogen-bond donors (Lipinski definition) is 0. The molecule has 0 rings (SSSR count). The molecule has 0 atom stereocenters. The van der Waals surface area contributed by atoms with Crippen LogP contribution in [0.15, 0.2) is 0 Å². The normalized spacial score (nSPS) is 17.0. The maximum Gasteiger partial charge on any atom is 0.595 e. The summed E-state index contributed by atoms with van der Waals surface area (Å²) in [5.74, 6) is -58.5. The lowest BCUT2D eigenvalue weighted by Gasteiger charge is -2.46. The summed E-state index contributed by atoms with van der Waals surface area (Å²) >= 11 is 0. The van der Waals surface area contributed by atoms with E-state index < -0.39 is 92.9 Å². The summed E-state index contributed by atoms with van der Waals surface area (Å²) in [6.45, 7) is 0. The van der Waals surface area contributed by atoms with Gasteiger partial charge in [-0.25, -0.2) is 0 Å². The van der Waals surface area contributed by atoms with Crippen LogP contribution in [-0.2, 0) is 13.3 Å². The van der Waals surface area contributed by atoms with Crippen molar-refractivity contribution in [3.05, 3.63) is 0 Å². The third-order valence-electron chi connectivity index (χ3n) is 4.88. The Labute approximate surface area is 248 Å². The van der Waals surface area contributed by atoms with E-state index in [-0.39, 0.29) is 0 Å². The minimum atomic E-state index is -11.8. The first-order valence-corrected chi connectivity index (χ1v) is 11.7. The van der Waals surface area contributed by atoms with Crippen molar-refractivity contribution in [3.63, 3.8) is 0 Å². The zero-order chi connectivity index (χ0) is 41.6. The van der Waals surface area contributed by atoms with Crippen molar-refractivity contribution in [3.8, 4) is 0 Å². The Balaban J connectivity index is 8.51. The highest BCUT2D eigenvalue weighted by Crippen LogP contribution is 2.66. The zero-order valence-corrected chi connectivity index (χ0v) is 21.8. The van der Waals surface area contributed by atoms with Crippen LogP contribution in [0.2, 0.25) is 0 Å². The van der Waals surface area contributed by atoms with Gasteiger partial charge in [-0.2, -0.15) is 140 Å². The molecule has 302 valence electrons. The second-order valence-electron chi connectivity index (χ2n) is 8.42. The third kappa shape index (κ3) is 6.99. The van der Waals surface area contributed by atoms with Crippen molar-refractivity contribution in [1.29, 1.82) is 0 Å². The summed E-state index contributed by atoms with van der Waals surface area (Å²) in [6, 6.07) is 0. The Morgan fingerprint density at radius 2 is 0.400 bits per heavy atom. The van der Waals surface area contributed by atoms with E-state index in [1.54, 1.807) is 0 Å². The predicted octanol–water partition coefficient (Wildman–Crippen LogP) is 9.99. The van der Waals surface area contributed by atoms with E-state index in [4.69, 9.17) is 0 Å². The smallest absolute Gasteiger partial charge is 0.302 e. The third-order valence-corrected chi connectivity index (χ3v) is 7.54. The van der Waals surface area contributed by atoms with Gasteiger partial charge in [-0.3, -0.25) is 0 Å². The molecule has 36 heteroatoms. The Bertz CT molecular complexity index is 1130. The topological polar surface area (TPSA) is 27.7 Å². The number of rotatable bonds is 13. The molecule has 0 saturated heterocycles. The van der Waals surface area contributed by atoms with E-state index in [0.717, 1.165) is 13.3 Å².